The maximum absolute atomic E-state index is 12.0. The average Bonchev–Trinajstić information content (AvgIpc) is 2.32. The maximum atomic E-state index is 12.0. The zero-order valence-corrected chi connectivity index (χ0v) is 11.2. The average molecular weight is 286 g/mol. The van der Waals surface area contributed by atoms with Crippen molar-refractivity contribution in [2.24, 2.45) is 0 Å². The summed E-state index contributed by atoms with van der Waals surface area (Å²) in [6.07, 6.45) is 1.72. The molecule has 2 rings (SSSR count). The fourth-order valence-corrected chi connectivity index (χ4v) is 3.24. The van der Waals surface area contributed by atoms with Gasteiger partial charge in [0, 0.05) is 0 Å². The molecule has 1 N–H and O–H groups in total. The van der Waals surface area contributed by atoms with Crippen LogP contribution in [0.3, 0.4) is 0 Å². The molecule has 0 spiro atoms. The van der Waals surface area contributed by atoms with Crippen LogP contribution in [0, 0.1) is 6.92 Å². The lowest BCUT2D eigenvalue weighted by Crippen LogP contribution is -2.34. The number of benzene rings is 1. The van der Waals surface area contributed by atoms with Gasteiger partial charge < -0.3 is 5.11 Å². The van der Waals surface area contributed by atoms with Crippen molar-refractivity contribution in [1.82, 2.24) is 0 Å². The van der Waals surface area contributed by atoms with Crippen LogP contribution < -0.4 is 0 Å². The monoisotopic (exact) mass is 286 g/mol. The number of aliphatic hydroxyl groups excluding tert-OH is 1. The Balaban J connectivity index is 0.00000180. The summed E-state index contributed by atoms with van der Waals surface area (Å²) in [5.41, 5.74) is 0.992. The Labute approximate surface area is 115 Å². The molecule has 1 aromatic carbocycles. The van der Waals surface area contributed by atoms with Gasteiger partial charge in [-0.3, -0.25) is 4.18 Å². The number of rotatable bonds is 3. The van der Waals surface area contributed by atoms with E-state index in [1.165, 1.54) is 12.1 Å². The lowest BCUT2D eigenvalue weighted by atomic mass is 9.95. The van der Waals surface area contributed by atoms with E-state index in [4.69, 9.17) is 4.18 Å². The van der Waals surface area contributed by atoms with Crippen LogP contribution in [0.25, 0.3) is 0 Å². The van der Waals surface area contributed by atoms with Crippen molar-refractivity contribution in [3.8, 4) is 0 Å². The van der Waals surface area contributed by atoms with Crippen molar-refractivity contribution in [1.29, 1.82) is 0 Å². The van der Waals surface area contributed by atoms with E-state index in [0.717, 1.165) is 18.4 Å². The van der Waals surface area contributed by atoms with Crippen molar-refractivity contribution in [3.05, 3.63) is 29.8 Å². The minimum atomic E-state index is -3.77. The Morgan fingerprint density at radius 1 is 1.16 bits per heavy atom. The second kappa shape index (κ2) is 6.50. The van der Waals surface area contributed by atoms with Crippen molar-refractivity contribution in [2.45, 2.75) is 57.1 Å². The van der Waals surface area contributed by atoms with Crippen molar-refractivity contribution >= 4 is 10.1 Å². The largest absolute Gasteiger partial charge is 0.390 e. The number of aryl methyl sites for hydroxylation is 1. The van der Waals surface area contributed by atoms with Gasteiger partial charge in [0.1, 0.15) is 6.10 Å². The van der Waals surface area contributed by atoms with E-state index in [0.29, 0.717) is 12.8 Å². The highest BCUT2D eigenvalue weighted by Gasteiger charge is 2.29. The first-order valence-corrected chi connectivity index (χ1v) is 7.58. The van der Waals surface area contributed by atoms with Crippen LogP contribution in [-0.4, -0.2) is 25.7 Å². The van der Waals surface area contributed by atoms with Crippen LogP contribution >= 0.6 is 0 Å². The molecule has 1 saturated carbocycles. The Kier molecular flexibility index (Phi) is 5.52. The highest BCUT2D eigenvalue weighted by atomic mass is 32.2. The normalized spacial score (nSPS) is 23.7. The summed E-state index contributed by atoms with van der Waals surface area (Å²) < 4.78 is 29.2. The van der Waals surface area contributed by atoms with E-state index in [1.807, 2.05) is 6.92 Å². The summed E-state index contributed by atoms with van der Waals surface area (Å²) in [6.45, 7) is 1.89. The molecule has 4 nitrogen and oxygen atoms in total. The Bertz CT molecular complexity index is 493. The van der Waals surface area contributed by atoms with Gasteiger partial charge in [-0.05, 0) is 31.9 Å². The summed E-state index contributed by atoms with van der Waals surface area (Å²) in [7, 11) is -3.77. The van der Waals surface area contributed by atoms with Crippen LogP contribution in [0.15, 0.2) is 29.2 Å². The lowest BCUT2D eigenvalue weighted by Gasteiger charge is -2.26. The summed E-state index contributed by atoms with van der Waals surface area (Å²) in [5, 5.41) is 9.73. The van der Waals surface area contributed by atoms with E-state index in [1.54, 1.807) is 12.1 Å². The molecule has 0 aliphatic heterocycles. The van der Waals surface area contributed by atoms with Gasteiger partial charge in [-0.25, -0.2) is 0 Å². The SMILES string of the molecule is C.Cc1ccc(S(=O)(=O)OC2CCCCC2O)cc1. The van der Waals surface area contributed by atoms with Gasteiger partial charge in [-0.15, -0.1) is 0 Å². The third kappa shape index (κ3) is 4.03. The van der Waals surface area contributed by atoms with Crippen LogP contribution in [0.2, 0.25) is 0 Å². The standard InChI is InChI=1S/C13H18O4S.CH4/c1-10-6-8-11(9-7-10)18(15,16)17-13-5-3-2-4-12(13)14;/h6-9,12-14H,2-5H2,1H3;1H4. The highest BCUT2D eigenvalue weighted by molar-refractivity contribution is 7.86. The topological polar surface area (TPSA) is 63.6 Å². The first-order valence-electron chi connectivity index (χ1n) is 6.17. The molecule has 1 aromatic rings. The van der Waals surface area contributed by atoms with Crippen LogP contribution in [0.5, 0.6) is 0 Å². The zero-order valence-electron chi connectivity index (χ0n) is 10.4. The molecule has 19 heavy (non-hydrogen) atoms. The maximum Gasteiger partial charge on any atom is 0.297 e. The molecule has 1 aliphatic rings. The third-order valence-electron chi connectivity index (χ3n) is 3.23. The fourth-order valence-electron chi connectivity index (χ4n) is 2.11. The molecule has 108 valence electrons. The third-order valence-corrected chi connectivity index (χ3v) is 4.58. The van der Waals surface area contributed by atoms with Gasteiger partial charge in [0.05, 0.1) is 11.0 Å². The number of aliphatic hydroxyl groups is 1. The van der Waals surface area contributed by atoms with E-state index in [2.05, 4.69) is 0 Å². The molecule has 1 aliphatic carbocycles. The molecule has 1 fully saturated rings. The summed E-state index contributed by atoms with van der Waals surface area (Å²) in [4.78, 5) is 0.144. The molecule has 2 atom stereocenters. The van der Waals surface area contributed by atoms with E-state index >= 15 is 0 Å². The smallest absolute Gasteiger partial charge is 0.297 e. The van der Waals surface area contributed by atoms with Gasteiger partial charge in [0.15, 0.2) is 0 Å². The summed E-state index contributed by atoms with van der Waals surface area (Å²) >= 11 is 0. The minimum absolute atomic E-state index is 0. The highest BCUT2D eigenvalue weighted by Crippen LogP contribution is 2.25. The van der Waals surface area contributed by atoms with Crippen LogP contribution in [0.4, 0.5) is 0 Å². The van der Waals surface area contributed by atoms with Crippen molar-refractivity contribution in [2.75, 3.05) is 0 Å². The van der Waals surface area contributed by atoms with Crippen molar-refractivity contribution < 1.29 is 17.7 Å². The number of hydrogen-bond donors (Lipinski definition) is 1. The van der Waals surface area contributed by atoms with Crippen LogP contribution in [0.1, 0.15) is 38.7 Å². The second-order valence-electron chi connectivity index (χ2n) is 4.75. The quantitative estimate of drug-likeness (QED) is 0.868. The summed E-state index contributed by atoms with van der Waals surface area (Å²) in [6, 6.07) is 6.51. The Morgan fingerprint density at radius 2 is 1.74 bits per heavy atom. The zero-order chi connectivity index (χ0) is 13.2. The first kappa shape index (κ1) is 16.1. The molecule has 0 saturated heterocycles. The predicted octanol–water partition coefficient (Wildman–Crippen LogP) is 2.64. The molecule has 0 bridgehead atoms. The molecule has 0 radical (unpaired) electrons. The molecule has 2 unspecified atom stereocenters. The lowest BCUT2D eigenvalue weighted by molar-refractivity contribution is 0.0105. The second-order valence-corrected chi connectivity index (χ2v) is 6.33. The number of hydrogen-bond acceptors (Lipinski definition) is 4. The predicted molar refractivity (Wildman–Crippen MR) is 74.4 cm³/mol. The van der Waals surface area contributed by atoms with Crippen LogP contribution in [-0.2, 0) is 14.3 Å². The molecular weight excluding hydrogens is 264 g/mol. The Hall–Kier alpha value is -0.910. The molecule has 5 heteroatoms. The molecule has 0 aromatic heterocycles. The van der Waals surface area contributed by atoms with Gasteiger partial charge >= 0.3 is 0 Å². The molecule has 0 amide bonds. The fraction of sp³-hybridized carbons (Fsp3) is 0.571. The summed E-state index contributed by atoms with van der Waals surface area (Å²) in [5.74, 6) is 0. The van der Waals surface area contributed by atoms with E-state index in [9.17, 15) is 13.5 Å². The van der Waals surface area contributed by atoms with E-state index in [-0.39, 0.29) is 12.3 Å². The minimum Gasteiger partial charge on any atom is -0.390 e. The Morgan fingerprint density at radius 3 is 2.32 bits per heavy atom. The first-order chi connectivity index (χ1) is 8.49. The van der Waals surface area contributed by atoms with E-state index < -0.39 is 22.3 Å². The van der Waals surface area contributed by atoms with Gasteiger partial charge in [-0.2, -0.15) is 8.42 Å². The molecular formula is C14H22O4S. The van der Waals surface area contributed by atoms with Crippen molar-refractivity contribution in [3.63, 3.8) is 0 Å². The molecule has 0 heterocycles. The van der Waals surface area contributed by atoms with Gasteiger partial charge in [0.2, 0.25) is 0 Å². The van der Waals surface area contributed by atoms with Gasteiger partial charge in [-0.1, -0.05) is 38.0 Å². The van der Waals surface area contributed by atoms with Gasteiger partial charge in [0.25, 0.3) is 10.1 Å².